The molecular formula is C21H17ClF3N3O5S. The summed E-state index contributed by atoms with van der Waals surface area (Å²) in [6.45, 7) is 0.591. The minimum Gasteiger partial charge on any atom is -0.478 e. The fraction of sp³-hybridized carbons (Fsp3) is 0.238. The zero-order valence-electron chi connectivity index (χ0n) is 17.2. The lowest BCUT2D eigenvalue weighted by molar-refractivity contribution is -0.137. The number of nitrogens with one attached hydrogen (secondary N) is 2. The molecule has 0 bridgehead atoms. The first-order chi connectivity index (χ1) is 16.0. The molecule has 1 unspecified atom stereocenters. The molecule has 3 N–H and O–H groups in total. The summed E-state index contributed by atoms with van der Waals surface area (Å²) < 4.78 is 70.8. The number of anilines is 2. The molecule has 1 aliphatic rings. The van der Waals surface area contributed by atoms with Gasteiger partial charge in [0.05, 0.1) is 41.2 Å². The number of nitrogens with zero attached hydrogens (tertiary/aromatic N) is 1. The normalized spacial score (nSPS) is 17.0. The van der Waals surface area contributed by atoms with E-state index in [9.17, 15) is 31.5 Å². The van der Waals surface area contributed by atoms with Crippen molar-refractivity contribution in [3.05, 3.63) is 58.6 Å². The van der Waals surface area contributed by atoms with Gasteiger partial charge >= 0.3 is 12.1 Å². The van der Waals surface area contributed by atoms with E-state index in [4.69, 9.17) is 16.3 Å². The van der Waals surface area contributed by atoms with Crippen molar-refractivity contribution in [1.82, 2.24) is 10.3 Å². The van der Waals surface area contributed by atoms with E-state index in [1.165, 1.54) is 24.3 Å². The number of aromatic carboxylic acids is 1. The van der Waals surface area contributed by atoms with Crippen molar-refractivity contribution in [2.24, 2.45) is 0 Å². The van der Waals surface area contributed by atoms with Crippen LogP contribution in [0.5, 0.6) is 0 Å². The topological polar surface area (TPSA) is 118 Å². The van der Waals surface area contributed by atoms with Crippen LogP contribution < -0.4 is 10.6 Å². The molecule has 1 fully saturated rings. The van der Waals surface area contributed by atoms with E-state index in [0.29, 0.717) is 29.6 Å². The molecule has 3 aromatic rings. The van der Waals surface area contributed by atoms with Crippen molar-refractivity contribution >= 4 is 49.7 Å². The number of rotatable bonds is 5. The van der Waals surface area contributed by atoms with Gasteiger partial charge in [-0.3, -0.25) is 5.32 Å². The smallest absolute Gasteiger partial charge is 0.416 e. The lowest BCUT2D eigenvalue weighted by atomic mass is 10.1. The van der Waals surface area contributed by atoms with Crippen LogP contribution >= 0.6 is 11.6 Å². The first kappa shape index (κ1) is 24.2. The number of carboxylic acids is 1. The fourth-order valence-electron chi connectivity index (χ4n) is 3.46. The molecule has 13 heteroatoms. The molecule has 0 amide bonds. The molecule has 1 saturated heterocycles. The minimum absolute atomic E-state index is 0.0898. The maximum atomic E-state index is 13.2. The van der Waals surface area contributed by atoms with Gasteiger partial charge in [-0.1, -0.05) is 11.6 Å². The first-order valence-electron chi connectivity index (χ1n) is 9.84. The molecule has 4 rings (SSSR count). The van der Waals surface area contributed by atoms with Gasteiger partial charge in [0, 0.05) is 17.0 Å². The molecule has 0 radical (unpaired) electrons. The van der Waals surface area contributed by atoms with E-state index in [1.54, 1.807) is 0 Å². The number of sulfone groups is 1. The number of ether oxygens (including phenoxy) is 1. The Balaban J connectivity index is 1.85. The molecule has 0 spiro atoms. The molecule has 34 heavy (non-hydrogen) atoms. The van der Waals surface area contributed by atoms with E-state index in [2.05, 4.69) is 15.6 Å². The van der Waals surface area contributed by atoms with Gasteiger partial charge in [-0.15, -0.1) is 0 Å². The molecule has 0 aliphatic carbocycles. The maximum absolute atomic E-state index is 13.2. The molecule has 1 atom stereocenters. The zero-order valence-corrected chi connectivity index (χ0v) is 18.8. The quantitative estimate of drug-likeness (QED) is 0.465. The Hall–Kier alpha value is -2.93. The molecule has 2 heterocycles. The molecule has 180 valence electrons. The van der Waals surface area contributed by atoms with Gasteiger partial charge in [0.25, 0.3) is 0 Å². The van der Waals surface area contributed by atoms with Crippen LogP contribution in [0.3, 0.4) is 0 Å². The Kier molecular flexibility index (Phi) is 6.42. The van der Waals surface area contributed by atoms with Crippen molar-refractivity contribution in [1.29, 1.82) is 0 Å². The Bertz CT molecular complexity index is 1380. The highest BCUT2D eigenvalue weighted by Crippen LogP contribution is 2.35. The number of carboxylic acid groups (broad SMARTS) is 1. The number of hydrogen-bond donors (Lipinski definition) is 3. The standard InChI is InChI=1S/C21H17ClF3N3O5S/c22-12-2-4-15-13(8-12)17(9-18(28-15)34(31,32)19-10-33-6-5-26-19)27-16-3-1-11(21(23,24)25)7-14(16)20(29)30/h1-4,7-9,19,26H,5-6,10H2,(H,27,28)(H,29,30). The fourth-order valence-corrected chi connectivity index (χ4v) is 5.04. The summed E-state index contributed by atoms with van der Waals surface area (Å²) in [5, 5.41) is 14.4. The Morgan fingerprint density at radius 1 is 1.18 bits per heavy atom. The lowest BCUT2D eigenvalue weighted by Crippen LogP contribution is -2.46. The predicted octanol–water partition coefficient (Wildman–Crippen LogP) is 4.07. The summed E-state index contributed by atoms with van der Waals surface area (Å²) in [5.74, 6) is -1.60. The first-order valence-corrected chi connectivity index (χ1v) is 11.8. The van der Waals surface area contributed by atoms with Gasteiger partial charge in [0.15, 0.2) is 5.03 Å². The summed E-state index contributed by atoms with van der Waals surface area (Å²) in [7, 11) is -4.02. The van der Waals surface area contributed by atoms with Crippen LogP contribution in [0.25, 0.3) is 10.9 Å². The van der Waals surface area contributed by atoms with Crippen LogP contribution in [0, 0.1) is 0 Å². The third-order valence-corrected chi connectivity index (χ3v) is 7.23. The van der Waals surface area contributed by atoms with Gasteiger partial charge < -0.3 is 15.2 Å². The Labute approximate surface area is 196 Å². The number of pyridine rings is 1. The van der Waals surface area contributed by atoms with Crippen LogP contribution in [-0.4, -0.2) is 49.6 Å². The van der Waals surface area contributed by atoms with E-state index in [-0.39, 0.29) is 28.5 Å². The zero-order chi connectivity index (χ0) is 24.7. The second-order valence-corrected chi connectivity index (χ2v) is 9.93. The minimum atomic E-state index is -4.74. The van der Waals surface area contributed by atoms with E-state index in [1.807, 2.05) is 0 Å². The summed E-state index contributed by atoms with van der Waals surface area (Å²) in [6, 6.07) is 7.85. The SMILES string of the molecule is O=C(O)c1cc(C(F)(F)F)ccc1Nc1cc(S(=O)(=O)C2COCCN2)nc2ccc(Cl)cc12. The average Bonchev–Trinajstić information content (AvgIpc) is 2.79. The molecule has 2 aromatic carbocycles. The van der Waals surface area contributed by atoms with Crippen molar-refractivity contribution < 1.29 is 36.2 Å². The van der Waals surface area contributed by atoms with E-state index in [0.717, 1.165) is 12.1 Å². The molecular weight excluding hydrogens is 499 g/mol. The monoisotopic (exact) mass is 515 g/mol. The summed E-state index contributed by atoms with van der Waals surface area (Å²) in [5.41, 5.74) is -1.62. The van der Waals surface area contributed by atoms with Gasteiger partial charge in [-0.25, -0.2) is 18.2 Å². The van der Waals surface area contributed by atoms with Crippen molar-refractivity contribution in [3.8, 4) is 0 Å². The maximum Gasteiger partial charge on any atom is 0.416 e. The highest BCUT2D eigenvalue weighted by Gasteiger charge is 2.33. The molecule has 1 aliphatic heterocycles. The number of benzene rings is 2. The number of hydrogen-bond acceptors (Lipinski definition) is 7. The van der Waals surface area contributed by atoms with Crippen LogP contribution in [0.2, 0.25) is 5.02 Å². The van der Waals surface area contributed by atoms with E-state index < -0.39 is 38.5 Å². The molecule has 8 nitrogen and oxygen atoms in total. The van der Waals surface area contributed by atoms with Gasteiger partial charge in [0.2, 0.25) is 9.84 Å². The van der Waals surface area contributed by atoms with Gasteiger partial charge in [0.1, 0.15) is 5.37 Å². The largest absolute Gasteiger partial charge is 0.478 e. The number of halogens is 4. The third kappa shape index (κ3) is 4.80. The summed E-state index contributed by atoms with van der Waals surface area (Å²) in [4.78, 5) is 15.9. The number of carbonyl (C=O) groups is 1. The molecule has 1 aromatic heterocycles. The van der Waals surface area contributed by atoms with Gasteiger partial charge in [-0.2, -0.15) is 13.2 Å². The number of fused-ring (bicyclic) bond motifs is 1. The number of aromatic nitrogens is 1. The van der Waals surface area contributed by atoms with E-state index >= 15 is 0 Å². The second kappa shape index (κ2) is 9.02. The van der Waals surface area contributed by atoms with Crippen molar-refractivity contribution in [3.63, 3.8) is 0 Å². The Morgan fingerprint density at radius 3 is 2.59 bits per heavy atom. The predicted molar refractivity (Wildman–Crippen MR) is 118 cm³/mol. The number of alkyl halides is 3. The van der Waals surface area contributed by atoms with Crippen LogP contribution in [0.4, 0.5) is 24.5 Å². The van der Waals surface area contributed by atoms with Crippen LogP contribution in [0.15, 0.2) is 47.5 Å². The number of morpholine rings is 1. The Morgan fingerprint density at radius 2 is 1.94 bits per heavy atom. The van der Waals surface area contributed by atoms with Crippen molar-refractivity contribution in [2.75, 3.05) is 25.1 Å². The third-order valence-electron chi connectivity index (χ3n) is 5.15. The molecule has 0 saturated carbocycles. The highest BCUT2D eigenvalue weighted by atomic mass is 35.5. The summed E-state index contributed by atoms with van der Waals surface area (Å²) >= 11 is 6.08. The highest BCUT2D eigenvalue weighted by molar-refractivity contribution is 7.92. The van der Waals surface area contributed by atoms with Crippen LogP contribution in [-0.2, 0) is 20.8 Å². The van der Waals surface area contributed by atoms with Gasteiger partial charge in [-0.05, 0) is 42.5 Å². The second-order valence-electron chi connectivity index (χ2n) is 7.42. The lowest BCUT2D eigenvalue weighted by Gasteiger charge is -2.24. The summed E-state index contributed by atoms with van der Waals surface area (Å²) in [6.07, 6.45) is -4.74. The van der Waals surface area contributed by atoms with Crippen molar-refractivity contribution in [2.45, 2.75) is 16.6 Å². The average molecular weight is 516 g/mol. The van der Waals surface area contributed by atoms with Crippen LogP contribution in [0.1, 0.15) is 15.9 Å².